The number of amides is 2. The van der Waals surface area contributed by atoms with Crippen LogP contribution in [-0.2, 0) is 24.2 Å². The number of morpholine rings is 1. The van der Waals surface area contributed by atoms with Crippen LogP contribution in [0.3, 0.4) is 0 Å². The molecule has 1 saturated heterocycles. The number of halogens is 2. The first-order valence-corrected chi connectivity index (χ1v) is 14.7. The van der Waals surface area contributed by atoms with E-state index >= 15 is 0 Å². The maximum absolute atomic E-state index is 14.0. The van der Waals surface area contributed by atoms with Gasteiger partial charge < -0.3 is 15.4 Å². The van der Waals surface area contributed by atoms with Crippen LogP contribution in [0.2, 0.25) is 10.0 Å². The van der Waals surface area contributed by atoms with Crippen molar-refractivity contribution < 1.29 is 22.7 Å². The molecule has 2 aromatic carbocycles. The van der Waals surface area contributed by atoms with E-state index in [9.17, 15) is 18.0 Å². The van der Waals surface area contributed by atoms with Gasteiger partial charge in [-0.3, -0.25) is 9.59 Å². The molecular weight excluding hydrogens is 535 g/mol. The third-order valence-corrected chi connectivity index (χ3v) is 10.2. The molecule has 0 bridgehead atoms. The lowest BCUT2D eigenvalue weighted by Gasteiger charge is -2.48. The van der Waals surface area contributed by atoms with Gasteiger partial charge in [-0.1, -0.05) is 47.5 Å². The van der Waals surface area contributed by atoms with E-state index in [2.05, 4.69) is 0 Å². The van der Waals surface area contributed by atoms with Crippen molar-refractivity contribution in [2.75, 3.05) is 5.75 Å². The standard InChI is InChI=1S/C27H32Cl2N2O5S/c1-27(2,3)37(34,35)15-21(16-7-8-16)31-24(17-9-11-19(28)12-10-17)25(18-5-4-6-20(29)13-18)36-22(26(31)33)14-23(30)32/h4-6,9-13,16,21-22,24-25H,7-8,14-15H2,1-3H3,(H2,30,32). The molecule has 4 atom stereocenters. The molecule has 4 unspecified atom stereocenters. The lowest BCUT2D eigenvalue weighted by Crippen LogP contribution is -2.58. The molecular formula is C27H32Cl2N2O5S. The number of nitrogens with zero attached hydrogens (tertiary/aromatic N) is 1. The quantitative estimate of drug-likeness (QED) is 0.490. The molecule has 2 N–H and O–H groups in total. The fraction of sp³-hybridized carbons (Fsp3) is 0.481. The van der Waals surface area contributed by atoms with Crippen LogP contribution in [0.25, 0.3) is 0 Å². The van der Waals surface area contributed by atoms with E-state index in [1.54, 1.807) is 56.0 Å². The summed E-state index contributed by atoms with van der Waals surface area (Å²) in [7, 11) is -3.58. The minimum absolute atomic E-state index is 0.0169. The van der Waals surface area contributed by atoms with Crippen LogP contribution in [0.1, 0.15) is 63.3 Å². The minimum atomic E-state index is -3.58. The van der Waals surface area contributed by atoms with Crippen molar-refractivity contribution in [1.29, 1.82) is 0 Å². The molecule has 2 aliphatic rings. The summed E-state index contributed by atoms with van der Waals surface area (Å²) in [5.74, 6) is -1.30. The molecule has 1 saturated carbocycles. The van der Waals surface area contributed by atoms with Gasteiger partial charge >= 0.3 is 0 Å². The SMILES string of the molecule is CC(C)(C)S(=O)(=O)CC(C1CC1)N1C(=O)C(CC(N)=O)OC(c2cccc(Cl)c2)C1c1ccc(Cl)cc1. The van der Waals surface area contributed by atoms with Gasteiger partial charge in [0.15, 0.2) is 9.84 Å². The van der Waals surface area contributed by atoms with Gasteiger partial charge in [0.05, 0.1) is 23.0 Å². The Morgan fingerprint density at radius 1 is 1.08 bits per heavy atom. The van der Waals surface area contributed by atoms with Gasteiger partial charge in [0.1, 0.15) is 12.2 Å². The van der Waals surface area contributed by atoms with Crippen LogP contribution < -0.4 is 5.73 Å². The van der Waals surface area contributed by atoms with E-state index < -0.39 is 50.7 Å². The first-order valence-electron chi connectivity index (χ1n) is 12.3. The Hall–Kier alpha value is -2.13. The van der Waals surface area contributed by atoms with Crippen LogP contribution >= 0.6 is 23.2 Å². The van der Waals surface area contributed by atoms with E-state index in [0.717, 1.165) is 18.4 Å². The van der Waals surface area contributed by atoms with E-state index in [-0.39, 0.29) is 18.1 Å². The number of hydrogen-bond donors (Lipinski definition) is 1. The largest absolute Gasteiger partial charge is 0.370 e. The first-order chi connectivity index (χ1) is 17.3. The molecule has 7 nitrogen and oxygen atoms in total. The Morgan fingerprint density at radius 3 is 2.27 bits per heavy atom. The maximum atomic E-state index is 14.0. The number of ether oxygens (including phenoxy) is 1. The van der Waals surface area contributed by atoms with Crippen LogP contribution in [0.15, 0.2) is 48.5 Å². The van der Waals surface area contributed by atoms with Gasteiger partial charge in [-0.15, -0.1) is 0 Å². The second-order valence-corrected chi connectivity index (χ2v) is 14.5. The zero-order chi connectivity index (χ0) is 27.1. The number of hydrogen-bond acceptors (Lipinski definition) is 5. The van der Waals surface area contributed by atoms with Crippen molar-refractivity contribution in [3.63, 3.8) is 0 Å². The Bertz CT molecular complexity index is 1270. The highest BCUT2D eigenvalue weighted by atomic mass is 35.5. The predicted octanol–water partition coefficient (Wildman–Crippen LogP) is 4.87. The highest BCUT2D eigenvalue weighted by Crippen LogP contribution is 2.48. The number of sulfone groups is 1. The number of primary amides is 1. The molecule has 0 spiro atoms. The molecule has 2 fully saturated rings. The summed E-state index contributed by atoms with van der Waals surface area (Å²) in [5.41, 5.74) is 6.92. The fourth-order valence-electron chi connectivity index (χ4n) is 4.79. The van der Waals surface area contributed by atoms with Crippen molar-refractivity contribution in [3.05, 3.63) is 69.7 Å². The average molecular weight is 568 g/mol. The molecule has 10 heteroatoms. The summed E-state index contributed by atoms with van der Waals surface area (Å²) in [6.07, 6.45) is -0.567. The van der Waals surface area contributed by atoms with Crippen molar-refractivity contribution in [1.82, 2.24) is 4.90 Å². The van der Waals surface area contributed by atoms with Crippen LogP contribution in [0.5, 0.6) is 0 Å². The zero-order valence-electron chi connectivity index (χ0n) is 21.1. The van der Waals surface area contributed by atoms with Crippen molar-refractivity contribution >= 4 is 44.9 Å². The van der Waals surface area contributed by atoms with Crippen molar-refractivity contribution in [2.45, 2.75) is 69.1 Å². The Morgan fingerprint density at radius 2 is 1.73 bits per heavy atom. The van der Waals surface area contributed by atoms with Gasteiger partial charge in [-0.05, 0) is 74.9 Å². The Labute approximate surface area is 228 Å². The summed E-state index contributed by atoms with van der Waals surface area (Å²) in [6, 6.07) is 12.9. The lowest BCUT2D eigenvalue weighted by atomic mass is 9.89. The van der Waals surface area contributed by atoms with E-state index in [1.165, 1.54) is 0 Å². The van der Waals surface area contributed by atoms with Gasteiger partial charge in [-0.25, -0.2) is 8.42 Å². The molecule has 1 heterocycles. The van der Waals surface area contributed by atoms with Crippen molar-refractivity contribution in [2.24, 2.45) is 11.7 Å². The molecule has 1 aliphatic heterocycles. The third kappa shape index (κ3) is 6.14. The number of carbonyl (C=O) groups excluding carboxylic acids is 2. The molecule has 2 amide bonds. The highest BCUT2D eigenvalue weighted by Gasteiger charge is 2.52. The molecule has 200 valence electrons. The second-order valence-electron chi connectivity index (χ2n) is 10.8. The van der Waals surface area contributed by atoms with Gasteiger partial charge in [-0.2, -0.15) is 0 Å². The van der Waals surface area contributed by atoms with Gasteiger partial charge in [0, 0.05) is 16.1 Å². The van der Waals surface area contributed by atoms with Crippen LogP contribution in [-0.4, -0.2) is 47.8 Å². The monoisotopic (exact) mass is 566 g/mol. The van der Waals surface area contributed by atoms with Gasteiger partial charge in [0.2, 0.25) is 5.91 Å². The molecule has 0 aromatic heterocycles. The minimum Gasteiger partial charge on any atom is -0.370 e. The number of benzene rings is 2. The van der Waals surface area contributed by atoms with Gasteiger partial charge in [0.25, 0.3) is 5.91 Å². The normalized spacial score (nSPS) is 23.6. The summed E-state index contributed by atoms with van der Waals surface area (Å²) in [5, 5.41) is 1.01. The van der Waals surface area contributed by atoms with E-state index in [1.807, 2.05) is 18.2 Å². The zero-order valence-corrected chi connectivity index (χ0v) is 23.4. The molecule has 1 aliphatic carbocycles. The summed E-state index contributed by atoms with van der Waals surface area (Å²) in [4.78, 5) is 27.6. The Balaban J connectivity index is 1.89. The smallest absolute Gasteiger partial charge is 0.253 e. The molecule has 4 rings (SSSR count). The summed E-state index contributed by atoms with van der Waals surface area (Å²) in [6.45, 7) is 4.98. The number of carbonyl (C=O) groups is 2. The third-order valence-electron chi connectivity index (χ3n) is 7.05. The highest BCUT2D eigenvalue weighted by molar-refractivity contribution is 7.92. The fourth-order valence-corrected chi connectivity index (χ4v) is 6.49. The van der Waals surface area contributed by atoms with Crippen LogP contribution in [0.4, 0.5) is 0 Å². The second kappa shape index (κ2) is 10.6. The summed E-state index contributed by atoms with van der Waals surface area (Å²) >= 11 is 12.5. The summed E-state index contributed by atoms with van der Waals surface area (Å²) < 4.78 is 32.1. The molecule has 37 heavy (non-hydrogen) atoms. The topological polar surface area (TPSA) is 107 Å². The predicted molar refractivity (Wildman–Crippen MR) is 144 cm³/mol. The first kappa shape index (κ1) is 27.9. The van der Waals surface area contributed by atoms with E-state index in [0.29, 0.717) is 15.6 Å². The van der Waals surface area contributed by atoms with Crippen molar-refractivity contribution in [3.8, 4) is 0 Å². The lowest BCUT2D eigenvalue weighted by molar-refractivity contribution is -0.181. The number of nitrogens with two attached hydrogens (primary N) is 1. The van der Waals surface area contributed by atoms with E-state index in [4.69, 9.17) is 33.7 Å². The molecule has 0 radical (unpaired) electrons. The Kier molecular flexibility index (Phi) is 7.96. The number of rotatable bonds is 8. The molecule has 2 aromatic rings. The van der Waals surface area contributed by atoms with Crippen LogP contribution in [0, 0.1) is 5.92 Å². The average Bonchev–Trinajstić information content (AvgIpc) is 3.64. The maximum Gasteiger partial charge on any atom is 0.253 e.